The van der Waals surface area contributed by atoms with E-state index in [0.29, 0.717) is 28.0 Å². The number of nitrogens with zero attached hydrogens (tertiary/aromatic N) is 4. The molecule has 0 spiro atoms. The standard InChI is InChI=1S/C22H20N6O2S/c1-14(29)24-18-6-3-7-19(11-18)28-21(16-8-9-16)26-27-22(28)31-13-20(30)25-17-5-2-4-15(10-17)12-23/h2-7,10-11,16H,8-9,13H2,1H3,(H,24,29)(H,25,30). The summed E-state index contributed by atoms with van der Waals surface area (Å²) >= 11 is 1.29. The number of thioether (sulfide) groups is 1. The van der Waals surface area contributed by atoms with Crippen molar-refractivity contribution in [1.29, 1.82) is 5.26 Å². The van der Waals surface area contributed by atoms with Crippen molar-refractivity contribution in [2.24, 2.45) is 0 Å². The molecule has 156 valence electrons. The average molecular weight is 433 g/mol. The van der Waals surface area contributed by atoms with Gasteiger partial charge in [-0.05, 0) is 49.2 Å². The number of amides is 2. The number of hydrogen-bond donors (Lipinski definition) is 2. The molecular weight excluding hydrogens is 412 g/mol. The normalized spacial score (nSPS) is 12.8. The zero-order chi connectivity index (χ0) is 21.8. The molecule has 0 atom stereocenters. The molecule has 0 unspecified atom stereocenters. The topological polar surface area (TPSA) is 113 Å². The molecule has 0 saturated heterocycles. The zero-order valence-corrected chi connectivity index (χ0v) is 17.6. The van der Waals surface area contributed by atoms with Crippen molar-refractivity contribution in [2.75, 3.05) is 16.4 Å². The summed E-state index contributed by atoms with van der Waals surface area (Å²) in [7, 11) is 0. The molecule has 1 aliphatic carbocycles. The molecule has 9 heteroatoms. The second kappa shape index (κ2) is 9.02. The predicted molar refractivity (Wildman–Crippen MR) is 118 cm³/mol. The van der Waals surface area contributed by atoms with E-state index in [2.05, 4.69) is 26.9 Å². The van der Waals surface area contributed by atoms with Crippen molar-refractivity contribution in [1.82, 2.24) is 14.8 Å². The van der Waals surface area contributed by atoms with Crippen LogP contribution in [0.1, 0.15) is 37.1 Å². The summed E-state index contributed by atoms with van der Waals surface area (Å²) in [6.45, 7) is 1.47. The Morgan fingerprint density at radius 1 is 1.13 bits per heavy atom. The van der Waals surface area contributed by atoms with Gasteiger partial charge in [-0.1, -0.05) is 23.9 Å². The molecule has 3 aromatic rings. The number of rotatable bonds is 7. The third-order valence-corrected chi connectivity index (χ3v) is 5.56. The number of aromatic nitrogens is 3. The zero-order valence-electron chi connectivity index (χ0n) is 16.8. The SMILES string of the molecule is CC(=O)Nc1cccc(-n2c(SCC(=O)Nc3cccc(C#N)c3)nnc2C2CC2)c1. The summed E-state index contributed by atoms with van der Waals surface area (Å²) in [4.78, 5) is 23.9. The maximum Gasteiger partial charge on any atom is 0.234 e. The molecule has 2 N–H and O–H groups in total. The highest BCUT2D eigenvalue weighted by Gasteiger charge is 2.31. The number of nitrogens with one attached hydrogen (secondary N) is 2. The fourth-order valence-corrected chi connectivity index (χ4v) is 3.90. The molecule has 2 aromatic carbocycles. The minimum atomic E-state index is -0.199. The Bertz CT molecular complexity index is 1180. The van der Waals surface area contributed by atoms with Crippen molar-refractivity contribution < 1.29 is 9.59 Å². The first-order valence-corrected chi connectivity index (χ1v) is 10.8. The van der Waals surface area contributed by atoms with E-state index in [4.69, 9.17) is 5.26 Å². The first-order valence-electron chi connectivity index (χ1n) is 9.79. The lowest BCUT2D eigenvalue weighted by Gasteiger charge is -2.12. The van der Waals surface area contributed by atoms with E-state index in [9.17, 15) is 9.59 Å². The fraction of sp³-hybridized carbons (Fsp3) is 0.227. The van der Waals surface area contributed by atoms with E-state index in [1.807, 2.05) is 28.8 Å². The van der Waals surface area contributed by atoms with Crippen LogP contribution < -0.4 is 10.6 Å². The minimum absolute atomic E-state index is 0.143. The van der Waals surface area contributed by atoms with Crippen LogP contribution in [0.5, 0.6) is 0 Å². The van der Waals surface area contributed by atoms with Gasteiger partial charge in [0.1, 0.15) is 5.82 Å². The van der Waals surface area contributed by atoms with E-state index in [1.54, 1.807) is 24.3 Å². The number of carbonyl (C=O) groups excluding carboxylic acids is 2. The summed E-state index contributed by atoms with van der Waals surface area (Å²) in [5.41, 5.74) is 2.58. The van der Waals surface area contributed by atoms with Crippen molar-refractivity contribution in [3.8, 4) is 11.8 Å². The Morgan fingerprint density at radius 3 is 2.58 bits per heavy atom. The van der Waals surface area contributed by atoms with E-state index < -0.39 is 0 Å². The van der Waals surface area contributed by atoms with Crippen LogP contribution in [0.25, 0.3) is 5.69 Å². The summed E-state index contributed by atoms with van der Waals surface area (Å²) in [5, 5.41) is 23.9. The number of hydrogen-bond acceptors (Lipinski definition) is 6. The van der Waals surface area contributed by atoms with Crippen LogP contribution in [-0.4, -0.2) is 32.3 Å². The first kappa shape index (κ1) is 20.6. The van der Waals surface area contributed by atoms with Gasteiger partial charge in [0.15, 0.2) is 5.16 Å². The second-order valence-corrected chi connectivity index (χ2v) is 8.15. The van der Waals surface area contributed by atoms with E-state index in [0.717, 1.165) is 24.4 Å². The minimum Gasteiger partial charge on any atom is -0.326 e. The van der Waals surface area contributed by atoms with Crippen LogP contribution in [0.15, 0.2) is 53.7 Å². The summed E-state index contributed by atoms with van der Waals surface area (Å²) in [6, 6.07) is 16.3. The van der Waals surface area contributed by atoms with Gasteiger partial charge >= 0.3 is 0 Å². The van der Waals surface area contributed by atoms with Gasteiger partial charge in [-0.3, -0.25) is 14.2 Å². The van der Waals surface area contributed by atoms with E-state index >= 15 is 0 Å². The lowest BCUT2D eigenvalue weighted by molar-refractivity contribution is -0.114. The highest BCUT2D eigenvalue weighted by Crippen LogP contribution is 2.41. The molecule has 8 nitrogen and oxygen atoms in total. The highest BCUT2D eigenvalue weighted by atomic mass is 32.2. The largest absolute Gasteiger partial charge is 0.326 e. The van der Waals surface area contributed by atoms with Crippen LogP contribution in [0, 0.1) is 11.3 Å². The van der Waals surface area contributed by atoms with Crippen LogP contribution in [0.3, 0.4) is 0 Å². The molecule has 0 bridgehead atoms. The Hall–Kier alpha value is -3.64. The molecule has 1 fully saturated rings. The molecule has 1 saturated carbocycles. The van der Waals surface area contributed by atoms with Crippen LogP contribution in [-0.2, 0) is 9.59 Å². The monoisotopic (exact) mass is 432 g/mol. The van der Waals surface area contributed by atoms with Gasteiger partial charge in [0.2, 0.25) is 11.8 Å². The number of carbonyl (C=O) groups is 2. The highest BCUT2D eigenvalue weighted by molar-refractivity contribution is 7.99. The van der Waals surface area contributed by atoms with Crippen LogP contribution >= 0.6 is 11.8 Å². The number of nitriles is 1. The van der Waals surface area contributed by atoms with Gasteiger partial charge in [-0.15, -0.1) is 10.2 Å². The molecule has 1 aliphatic rings. The second-order valence-electron chi connectivity index (χ2n) is 7.21. The fourth-order valence-electron chi connectivity index (χ4n) is 3.14. The van der Waals surface area contributed by atoms with Gasteiger partial charge in [0.25, 0.3) is 0 Å². The van der Waals surface area contributed by atoms with Crippen molar-refractivity contribution >= 4 is 35.0 Å². The van der Waals surface area contributed by atoms with Crippen molar-refractivity contribution in [3.05, 3.63) is 59.9 Å². The van der Waals surface area contributed by atoms with Gasteiger partial charge in [-0.25, -0.2) is 0 Å². The number of anilines is 2. The molecule has 0 aliphatic heterocycles. The molecular formula is C22H20N6O2S. The van der Waals surface area contributed by atoms with Crippen molar-refractivity contribution in [3.63, 3.8) is 0 Å². The van der Waals surface area contributed by atoms with Gasteiger partial charge in [0.05, 0.1) is 23.1 Å². The molecule has 31 heavy (non-hydrogen) atoms. The molecule has 1 aromatic heterocycles. The smallest absolute Gasteiger partial charge is 0.234 e. The van der Waals surface area contributed by atoms with Crippen LogP contribution in [0.2, 0.25) is 0 Å². The Balaban J connectivity index is 1.52. The van der Waals surface area contributed by atoms with E-state index in [-0.39, 0.29) is 17.6 Å². The van der Waals surface area contributed by atoms with Crippen molar-refractivity contribution in [2.45, 2.75) is 30.8 Å². The van der Waals surface area contributed by atoms with E-state index in [1.165, 1.54) is 18.7 Å². The molecule has 0 radical (unpaired) electrons. The summed E-state index contributed by atoms with van der Waals surface area (Å²) < 4.78 is 1.96. The summed E-state index contributed by atoms with van der Waals surface area (Å²) in [6.07, 6.45) is 2.12. The molecule has 2 amide bonds. The quantitative estimate of drug-likeness (QED) is 0.551. The Labute approximate surface area is 183 Å². The lowest BCUT2D eigenvalue weighted by atomic mass is 10.2. The van der Waals surface area contributed by atoms with Crippen LogP contribution in [0.4, 0.5) is 11.4 Å². The maximum atomic E-state index is 12.4. The predicted octanol–water partition coefficient (Wildman–Crippen LogP) is 3.71. The molecule has 1 heterocycles. The average Bonchev–Trinajstić information content (AvgIpc) is 3.51. The third kappa shape index (κ3) is 5.10. The lowest BCUT2D eigenvalue weighted by Crippen LogP contribution is -2.14. The van der Waals surface area contributed by atoms with Gasteiger partial charge in [-0.2, -0.15) is 5.26 Å². The van der Waals surface area contributed by atoms with Gasteiger partial charge in [0, 0.05) is 24.2 Å². The molecule has 4 rings (SSSR count). The Kier molecular flexibility index (Phi) is 6.00. The first-order chi connectivity index (χ1) is 15.0. The summed E-state index contributed by atoms with van der Waals surface area (Å²) in [5.74, 6) is 1.02. The maximum absolute atomic E-state index is 12.4. The third-order valence-electron chi connectivity index (χ3n) is 4.63. The van der Waals surface area contributed by atoms with Gasteiger partial charge < -0.3 is 10.6 Å². The Morgan fingerprint density at radius 2 is 1.87 bits per heavy atom. The number of benzene rings is 2.